The maximum Gasteiger partial charge on any atom is 0.364 e. The Balaban J connectivity index is 1.55. The van der Waals surface area contributed by atoms with Crippen molar-refractivity contribution in [2.45, 2.75) is 172 Å². The number of nitrogens with one attached hydrogen (secondary N) is 1. The van der Waals surface area contributed by atoms with Crippen LogP contribution < -0.4 is 11.1 Å². The molecule has 30 heteroatoms. The van der Waals surface area contributed by atoms with Crippen LogP contribution in [0.1, 0.15) is 13.3 Å². The Morgan fingerprint density at radius 2 is 1.17 bits per heavy atom. The van der Waals surface area contributed by atoms with Crippen LogP contribution >= 0.6 is 0 Å². The summed E-state index contributed by atoms with van der Waals surface area (Å²) in [6.45, 7) is -4.24. The normalized spacial score (nSPS) is 48.3. The van der Waals surface area contributed by atoms with Crippen LogP contribution in [-0.4, -0.2) is 291 Å². The highest BCUT2D eigenvalue weighted by molar-refractivity contribution is 5.76. The SMILES string of the molecule is CC(=O)N[C@H]1[C@H]([C@H](O)[C@H](O)CO)O[C@@](O[C@@H]2[C@@H](O)[C@H](O[C@H]3[C@H](O)[C@@H](O)[C@H](O)O[C@@H]3CO)O[C@H](CO)[C@@H]2O[C@@H]2O[C@H](CO)[C@H](O)[C@H](O[C@@H]3O[C@H](CO)[C@H](O)[C@H](O)[C@H]3O)[C@H]2N)(C(=O)O)C[C@@H]1O. The van der Waals surface area contributed by atoms with Crippen LogP contribution in [0, 0.1) is 0 Å². The molecule has 0 aliphatic carbocycles. The van der Waals surface area contributed by atoms with Crippen molar-refractivity contribution in [2.75, 3.05) is 33.0 Å². The number of carboxylic acid groups (broad SMARTS) is 1. The van der Waals surface area contributed by atoms with Gasteiger partial charge in [-0.15, -0.1) is 0 Å². The Labute approximate surface area is 367 Å². The molecule has 5 rings (SSSR count). The third-order valence-electron chi connectivity index (χ3n) is 11.8. The summed E-state index contributed by atoms with van der Waals surface area (Å²) in [7, 11) is 0. The molecule has 5 aliphatic heterocycles. The molecule has 5 aliphatic rings. The Morgan fingerprint density at radius 3 is 1.74 bits per heavy atom. The molecule has 1 amide bonds. The smallest absolute Gasteiger partial charge is 0.364 e. The highest BCUT2D eigenvalue weighted by Gasteiger charge is 2.62. The van der Waals surface area contributed by atoms with E-state index < -0.39 is 210 Å². The summed E-state index contributed by atoms with van der Waals surface area (Å²) >= 11 is 0. The van der Waals surface area contributed by atoms with E-state index in [9.17, 15) is 96.4 Å². The van der Waals surface area contributed by atoms with Gasteiger partial charge in [0.25, 0.3) is 5.79 Å². The summed E-state index contributed by atoms with van der Waals surface area (Å²) in [5.41, 5.74) is 6.44. The lowest BCUT2D eigenvalue weighted by Gasteiger charge is -2.52. The quantitative estimate of drug-likeness (QED) is 0.0643. The molecule has 0 aromatic heterocycles. The maximum absolute atomic E-state index is 13.3. The van der Waals surface area contributed by atoms with Gasteiger partial charge in [-0.2, -0.15) is 0 Å². The van der Waals surface area contributed by atoms with Crippen LogP contribution in [0.5, 0.6) is 0 Å². The van der Waals surface area contributed by atoms with Crippen LogP contribution in [0.15, 0.2) is 0 Å². The van der Waals surface area contributed by atoms with E-state index in [4.69, 9.17) is 48.4 Å². The van der Waals surface area contributed by atoms with Crippen molar-refractivity contribution in [3.63, 3.8) is 0 Å². The first-order chi connectivity index (χ1) is 30.6. The molecule has 20 N–H and O–H groups in total. The third-order valence-corrected chi connectivity index (χ3v) is 11.8. The van der Waals surface area contributed by atoms with E-state index in [1.165, 1.54) is 0 Å². The van der Waals surface area contributed by atoms with Crippen molar-refractivity contribution in [2.24, 2.45) is 5.73 Å². The minimum absolute atomic E-state index is 0.840. The van der Waals surface area contributed by atoms with Crippen LogP contribution in [0.3, 0.4) is 0 Å². The molecule has 0 aromatic rings. The number of rotatable bonds is 17. The summed E-state index contributed by atoms with van der Waals surface area (Å²) in [5, 5.41) is 181. The molecule has 65 heavy (non-hydrogen) atoms. The molecule has 0 radical (unpaired) electrons. The lowest BCUT2D eigenvalue weighted by molar-refractivity contribution is -0.402. The number of carboxylic acids is 1. The average Bonchev–Trinajstić information content (AvgIpc) is 3.27. The van der Waals surface area contributed by atoms with Gasteiger partial charge in [0.1, 0.15) is 110 Å². The predicted octanol–water partition coefficient (Wildman–Crippen LogP) is -12.6. The predicted molar refractivity (Wildman–Crippen MR) is 197 cm³/mol. The van der Waals surface area contributed by atoms with Gasteiger partial charge in [-0.25, -0.2) is 4.79 Å². The third kappa shape index (κ3) is 11.2. The summed E-state index contributed by atoms with van der Waals surface area (Å²) in [6, 6.07) is -3.51. The topological polar surface area (TPSA) is 499 Å². The zero-order valence-corrected chi connectivity index (χ0v) is 34.3. The fourth-order valence-corrected chi connectivity index (χ4v) is 8.18. The van der Waals surface area contributed by atoms with Crippen molar-refractivity contribution in [3.8, 4) is 0 Å². The first-order valence-corrected chi connectivity index (χ1v) is 20.3. The highest BCUT2D eigenvalue weighted by Crippen LogP contribution is 2.40. The van der Waals surface area contributed by atoms with Gasteiger partial charge in [0.2, 0.25) is 5.91 Å². The lowest BCUT2D eigenvalue weighted by Crippen LogP contribution is -2.72. The van der Waals surface area contributed by atoms with E-state index >= 15 is 0 Å². The minimum Gasteiger partial charge on any atom is -0.477 e. The van der Waals surface area contributed by atoms with E-state index in [-0.39, 0.29) is 0 Å². The number of carbonyl (C=O) groups excluding carboxylic acids is 1. The second kappa shape index (κ2) is 22.5. The van der Waals surface area contributed by atoms with E-state index in [0.717, 1.165) is 6.92 Å². The van der Waals surface area contributed by atoms with E-state index in [1.807, 2.05) is 0 Å². The van der Waals surface area contributed by atoms with Crippen molar-refractivity contribution in [3.05, 3.63) is 0 Å². The Kier molecular flexibility index (Phi) is 18.7. The molecule has 5 fully saturated rings. The van der Waals surface area contributed by atoms with Crippen LogP contribution in [0.25, 0.3) is 0 Å². The molecule has 0 spiro atoms. The molecular formula is C35H60N2O28. The molecule has 5 saturated heterocycles. The monoisotopic (exact) mass is 956 g/mol. The van der Waals surface area contributed by atoms with Crippen molar-refractivity contribution < 1.29 is 139 Å². The number of carbonyl (C=O) groups is 2. The van der Waals surface area contributed by atoms with E-state index in [0.29, 0.717) is 0 Å². The number of nitrogens with two attached hydrogens (primary N) is 1. The van der Waals surface area contributed by atoms with Crippen molar-refractivity contribution in [1.29, 1.82) is 0 Å². The fourth-order valence-electron chi connectivity index (χ4n) is 8.18. The summed E-state index contributed by atoms with van der Waals surface area (Å²) in [6.07, 6.45) is -47.3. The number of aliphatic hydroxyl groups is 16. The molecule has 0 bridgehead atoms. The second-order valence-electron chi connectivity index (χ2n) is 16.2. The number of ether oxygens (including phenoxy) is 9. The van der Waals surface area contributed by atoms with Gasteiger partial charge in [0.15, 0.2) is 25.2 Å². The number of aliphatic hydroxyl groups excluding tert-OH is 16. The van der Waals surface area contributed by atoms with Gasteiger partial charge in [0, 0.05) is 13.3 Å². The standard InChI is InChI=1S/C35H60N2O28/c1-8(43)37-16-9(44)2-35(34(55)56,64-28(16)17(46)10(45)3-38)65-29-24(53)33(61-25-13(6-41)57-30(54)22(51)21(25)50)60-14(7-42)26(29)62-31-15(36)27(19(48)12(5-40)58-31)63-32-23(52)20(49)18(47)11(4-39)59-32/h9-33,38-42,44-54H,2-7,36H2,1H3,(H,37,43)(H,55,56)/t9-,10+,11+,12+,13+,14+,15+,16+,17+,18-,19-,20-,21+,22+,23+,24+,25+,26-,27+,28+,29+,30+,31-,32-,33-,35-/m0/s1. The highest BCUT2D eigenvalue weighted by atomic mass is 16.8. The van der Waals surface area contributed by atoms with Gasteiger partial charge >= 0.3 is 5.97 Å². The molecule has 0 saturated carbocycles. The largest absolute Gasteiger partial charge is 0.477 e. The fraction of sp³-hybridized carbons (Fsp3) is 0.943. The zero-order chi connectivity index (χ0) is 48.4. The molecule has 378 valence electrons. The Bertz CT molecular complexity index is 1540. The second-order valence-corrected chi connectivity index (χ2v) is 16.2. The first kappa shape index (κ1) is 53.8. The van der Waals surface area contributed by atoms with E-state index in [1.54, 1.807) is 0 Å². The molecule has 0 unspecified atom stereocenters. The summed E-state index contributed by atoms with van der Waals surface area (Å²) in [4.78, 5) is 25.4. The first-order valence-electron chi connectivity index (χ1n) is 20.3. The van der Waals surface area contributed by atoms with E-state index in [2.05, 4.69) is 5.32 Å². The van der Waals surface area contributed by atoms with Gasteiger partial charge in [-0.1, -0.05) is 0 Å². The minimum atomic E-state index is -3.28. The van der Waals surface area contributed by atoms with Crippen molar-refractivity contribution in [1.82, 2.24) is 5.32 Å². The lowest BCUT2D eigenvalue weighted by atomic mass is 9.88. The average molecular weight is 957 g/mol. The summed E-state index contributed by atoms with van der Waals surface area (Å²) in [5.74, 6) is -6.23. The number of aliphatic carboxylic acids is 1. The van der Waals surface area contributed by atoms with Gasteiger partial charge < -0.3 is 140 Å². The maximum atomic E-state index is 13.3. The number of amides is 1. The number of hydrogen-bond acceptors (Lipinski definition) is 28. The number of hydrogen-bond donors (Lipinski definition) is 19. The van der Waals surface area contributed by atoms with Gasteiger partial charge in [-0.3, -0.25) is 4.79 Å². The van der Waals surface area contributed by atoms with Crippen LogP contribution in [-0.2, 0) is 52.2 Å². The van der Waals surface area contributed by atoms with Gasteiger partial charge in [0.05, 0.1) is 51.2 Å². The summed E-state index contributed by atoms with van der Waals surface area (Å²) < 4.78 is 51.1. The molecule has 0 aromatic carbocycles. The molecular weight excluding hydrogens is 896 g/mol. The Morgan fingerprint density at radius 1 is 0.646 bits per heavy atom. The zero-order valence-electron chi connectivity index (χ0n) is 34.3. The van der Waals surface area contributed by atoms with Crippen LogP contribution in [0.2, 0.25) is 0 Å². The molecule has 26 atom stereocenters. The molecule has 5 heterocycles. The van der Waals surface area contributed by atoms with Crippen LogP contribution in [0.4, 0.5) is 0 Å². The van der Waals surface area contributed by atoms with Crippen molar-refractivity contribution >= 4 is 11.9 Å². The molecule has 30 nitrogen and oxygen atoms in total. The Hall–Kier alpha value is -2.10. The van der Waals surface area contributed by atoms with Gasteiger partial charge in [-0.05, 0) is 0 Å².